The maximum atomic E-state index is 12.0. The van der Waals surface area contributed by atoms with E-state index in [2.05, 4.69) is 25.8 Å². The zero-order chi connectivity index (χ0) is 20.6. The number of hydrogen-bond donors (Lipinski definition) is 3. The third-order valence-electron chi connectivity index (χ3n) is 4.32. The fourth-order valence-corrected chi connectivity index (χ4v) is 2.84. The van der Waals surface area contributed by atoms with Crippen LogP contribution in [0.5, 0.6) is 5.75 Å². The summed E-state index contributed by atoms with van der Waals surface area (Å²) >= 11 is 0. The maximum absolute atomic E-state index is 12.0. The predicted octanol–water partition coefficient (Wildman–Crippen LogP) is 3.70. The van der Waals surface area contributed by atoms with E-state index in [4.69, 9.17) is 4.74 Å². The molecule has 7 heteroatoms. The van der Waals surface area contributed by atoms with Crippen LogP contribution in [0.1, 0.15) is 11.1 Å². The third kappa shape index (κ3) is 5.23. The van der Waals surface area contributed by atoms with Gasteiger partial charge in [0.15, 0.2) is 0 Å². The number of hydrazone groups is 1. The molecular weight excluding hydrogens is 378 g/mol. The second-order valence-electron chi connectivity index (χ2n) is 6.60. The van der Waals surface area contributed by atoms with Crippen LogP contribution in [0.4, 0.5) is 5.95 Å². The Morgan fingerprint density at radius 1 is 1.03 bits per heavy atom. The van der Waals surface area contributed by atoms with Crippen LogP contribution in [0.2, 0.25) is 0 Å². The van der Waals surface area contributed by atoms with E-state index in [1.54, 1.807) is 6.21 Å². The van der Waals surface area contributed by atoms with Gasteiger partial charge in [-0.2, -0.15) is 5.10 Å². The van der Waals surface area contributed by atoms with E-state index in [1.807, 2.05) is 78.9 Å². The molecule has 1 aromatic heterocycles. The number of para-hydroxylation sites is 2. The molecule has 3 aromatic carbocycles. The maximum Gasteiger partial charge on any atom is 0.259 e. The molecule has 0 fully saturated rings. The molecule has 0 atom stereocenters. The number of nitrogens with zero attached hydrogens (tertiary/aromatic N) is 2. The van der Waals surface area contributed by atoms with Gasteiger partial charge in [-0.3, -0.25) is 4.79 Å². The Hall–Kier alpha value is -4.13. The number of anilines is 1. The first-order chi connectivity index (χ1) is 14.8. The minimum absolute atomic E-state index is 0.0530. The Kier molecular flexibility index (Phi) is 6.00. The molecule has 1 heterocycles. The van der Waals surface area contributed by atoms with Crippen LogP contribution in [0.3, 0.4) is 0 Å². The van der Waals surface area contributed by atoms with E-state index in [9.17, 15) is 4.79 Å². The molecule has 0 bridgehead atoms. The van der Waals surface area contributed by atoms with Gasteiger partial charge in [0.05, 0.1) is 23.8 Å². The summed E-state index contributed by atoms with van der Waals surface area (Å²) in [6, 6.07) is 25.1. The lowest BCUT2D eigenvalue weighted by Gasteiger charge is -2.06. The summed E-state index contributed by atoms with van der Waals surface area (Å²) in [5, 5.41) is 6.96. The van der Waals surface area contributed by atoms with Gasteiger partial charge in [-0.1, -0.05) is 54.6 Å². The quantitative estimate of drug-likeness (QED) is 0.311. The molecule has 7 nitrogen and oxygen atoms in total. The highest BCUT2D eigenvalue weighted by Crippen LogP contribution is 2.14. The Morgan fingerprint density at radius 2 is 1.87 bits per heavy atom. The first-order valence-electron chi connectivity index (χ1n) is 9.53. The molecule has 4 aromatic rings. The molecule has 0 aliphatic heterocycles. The Balaban J connectivity index is 1.25. The molecule has 0 saturated heterocycles. The summed E-state index contributed by atoms with van der Waals surface area (Å²) in [4.78, 5) is 19.5. The van der Waals surface area contributed by atoms with Crippen molar-refractivity contribution >= 4 is 29.1 Å². The standard InChI is InChI=1S/C23H21N5O2/c29-22(15-24-23-26-20-11-4-5-12-21(20)27-23)28-25-14-18-9-6-10-19(13-18)30-16-17-7-2-1-3-8-17/h1-14H,15-16H2,(H,28,29)(H2,24,26,27)/b25-14+. The largest absolute Gasteiger partial charge is 0.489 e. The molecule has 150 valence electrons. The van der Waals surface area contributed by atoms with Gasteiger partial charge in [-0.25, -0.2) is 10.4 Å². The van der Waals surface area contributed by atoms with Crippen molar-refractivity contribution in [2.24, 2.45) is 5.10 Å². The number of H-pyrrole nitrogens is 1. The summed E-state index contributed by atoms with van der Waals surface area (Å²) in [5.74, 6) is 1.00. The Morgan fingerprint density at radius 3 is 2.73 bits per heavy atom. The number of aromatic amines is 1. The molecule has 0 radical (unpaired) electrons. The van der Waals surface area contributed by atoms with Crippen molar-refractivity contribution in [3.63, 3.8) is 0 Å². The zero-order valence-corrected chi connectivity index (χ0v) is 16.2. The van der Waals surface area contributed by atoms with Crippen LogP contribution in [0.15, 0.2) is 84.0 Å². The number of aromatic nitrogens is 2. The number of amides is 1. The molecule has 0 aliphatic rings. The minimum Gasteiger partial charge on any atom is -0.489 e. The number of hydrogen-bond acceptors (Lipinski definition) is 5. The van der Waals surface area contributed by atoms with E-state index in [0.717, 1.165) is 27.9 Å². The van der Waals surface area contributed by atoms with Crippen molar-refractivity contribution in [3.8, 4) is 5.75 Å². The monoisotopic (exact) mass is 399 g/mol. The lowest BCUT2D eigenvalue weighted by atomic mass is 10.2. The average Bonchev–Trinajstić information content (AvgIpc) is 3.20. The highest BCUT2D eigenvalue weighted by molar-refractivity contribution is 5.85. The van der Waals surface area contributed by atoms with Crippen LogP contribution in [0, 0.1) is 0 Å². The summed E-state index contributed by atoms with van der Waals surface area (Å²) < 4.78 is 5.80. The summed E-state index contributed by atoms with van der Waals surface area (Å²) in [5.41, 5.74) is 6.17. The third-order valence-corrected chi connectivity index (χ3v) is 4.32. The second-order valence-corrected chi connectivity index (χ2v) is 6.60. The van der Waals surface area contributed by atoms with Gasteiger partial charge in [-0.15, -0.1) is 0 Å². The van der Waals surface area contributed by atoms with Gasteiger partial charge in [0.1, 0.15) is 12.4 Å². The smallest absolute Gasteiger partial charge is 0.259 e. The lowest BCUT2D eigenvalue weighted by molar-refractivity contribution is -0.119. The highest BCUT2D eigenvalue weighted by atomic mass is 16.5. The SMILES string of the molecule is O=C(CNc1nc2ccccc2[nH]1)N/N=C/c1cccc(OCc2ccccc2)c1. The fraction of sp³-hybridized carbons (Fsp3) is 0.0870. The lowest BCUT2D eigenvalue weighted by Crippen LogP contribution is -2.26. The van der Waals surface area contributed by atoms with Crippen molar-refractivity contribution in [1.82, 2.24) is 15.4 Å². The van der Waals surface area contributed by atoms with Crippen LogP contribution in [-0.2, 0) is 11.4 Å². The van der Waals surface area contributed by atoms with E-state index in [1.165, 1.54) is 0 Å². The summed E-state index contributed by atoms with van der Waals surface area (Å²) in [7, 11) is 0. The van der Waals surface area contributed by atoms with E-state index >= 15 is 0 Å². The molecular formula is C23H21N5O2. The predicted molar refractivity (Wildman–Crippen MR) is 118 cm³/mol. The molecule has 0 spiro atoms. The van der Waals surface area contributed by atoms with E-state index in [-0.39, 0.29) is 12.5 Å². The molecule has 30 heavy (non-hydrogen) atoms. The van der Waals surface area contributed by atoms with Crippen molar-refractivity contribution in [2.45, 2.75) is 6.61 Å². The van der Waals surface area contributed by atoms with Crippen molar-refractivity contribution in [2.75, 3.05) is 11.9 Å². The average molecular weight is 399 g/mol. The number of fused-ring (bicyclic) bond motifs is 1. The van der Waals surface area contributed by atoms with Gasteiger partial charge in [0.25, 0.3) is 5.91 Å². The number of benzene rings is 3. The van der Waals surface area contributed by atoms with Crippen molar-refractivity contribution in [3.05, 3.63) is 90.0 Å². The molecule has 0 aliphatic carbocycles. The summed E-state index contributed by atoms with van der Waals surface area (Å²) in [6.45, 7) is 0.545. The van der Waals surface area contributed by atoms with Crippen LogP contribution < -0.4 is 15.5 Å². The van der Waals surface area contributed by atoms with E-state index < -0.39 is 0 Å². The Bertz CT molecular complexity index is 1120. The molecule has 4 rings (SSSR count). The highest BCUT2D eigenvalue weighted by Gasteiger charge is 2.04. The normalized spacial score (nSPS) is 10.9. The van der Waals surface area contributed by atoms with Crippen molar-refractivity contribution in [1.29, 1.82) is 0 Å². The Labute approximate surface area is 173 Å². The molecule has 3 N–H and O–H groups in total. The van der Waals surface area contributed by atoms with Gasteiger partial charge < -0.3 is 15.0 Å². The molecule has 1 amide bonds. The van der Waals surface area contributed by atoms with Gasteiger partial charge in [0, 0.05) is 0 Å². The summed E-state index contributed by atoms with van der Waals surface area (Å²) in [6.07, 6.45) is 1.58. The molecule has 0 saturated carbocycles. The first-order valence-corrected chi connectivity index (χ1v) is 9.53. The fourth-order valence-electron chi connectivity index (χ4n) is 2.84. The topological polar surface area (TPSA) is 91.4 Å². The second kappa shape index (κ2) is 9.38. The van der Waals surface area contributed by atoms with Crippen LogP contribution in [-0.4, -0.2) is 28.6 Å². The number of ether oxygens (including phenoxy) is 1. The number of carbonyl (C=O) groups is 1. The van der Waals surface area contributed by atoms with Gasteiger partial charge >= 0.3 is 0 Å². The first kappa shape index (κ1) is 19.2. The van der Waals surface area contributed by atoms with Gasteiger partial charge in [-0.05, 0) is 35.4 Å². The number of rotatable bonds is 8. The van der Waals surface area contributed by atoms with Crippen LogP contribution >= 0.6 is 0 Å². The number of imidazole rings is 1. The van der Waals surface area contributed by atoms with E-state index in [0.29, 0.717) is 12.6 Å². The van der Waals surface area contributed by atoms with Gasteiger partial charge in [0.2, 0.25) is 5.95 Å². The number of carbonyl (C=O) groups excluding carboxylic acids is 1. The van der Waals surface area contributed by atoms with Crippen LogP contribution in [0.25, 0.3) is 11.0 Å². The minimum atomic E-state index is -0.275. The number of nitrogens with one attached hydrogen (secondary N) is 3. The zero-order valence-electron chi connectivity index (χ0n) is 16.2. The molecule has 0 unspecified atom stereocenters. The van der Waals surface area contributed by atoms with Crippen molar-refractivity contribution < 1.29 is 9.53 Å².